The quantitative estimate of drug-likeness (QED) is 0.305. The van der Waals surface area contributed by atoms with Crippen molar-refractivity contribution >= 4 is 23.4 Å². The molecule has 0 spiro atoms. The highest BCUT2D eigenvalue weighted by Crippen LogP contribution is 2.56. The third-order valence-corrected chi connectivity index (χ3v) is 9.05. The first kappa shape index (κ1) is 27.5. The molecule has 0 aromatic heterocycles. The van der Waals surface area contributed by atoms with Crippen LogP contribution in [0.5, 0.6) is 23.0 Å². The number of carbonyl (C=O) groups is 4. The summed E-state index contributed by atoms with van der Waals surface area (Å²) in [4.78, 5) is 55.7. The van der Waals surface area contributed by atoms with E-state index in [9.17, 15) is 29.4 Å². The van der Waals surface area contributed by atoms with Gasteiger partial charge in [-0.2, -0.15) is 0 Å². The van der Waals surface area contributed by atoms with Crippen LogP contribution in [0.1, 0.15) is 36.8 Å². The van der Waals surface area contributed by atoms with Crippen LogP contribution in [0.2, 0.25) is 0 Å². The van der Waals surface area contributed by atoms with Crippen molar-refractivity contribution in [3.8, 4) is 23.0 Å². The Morgan fingerprint density at radius 2 is 1.60 bits per heavy atom. The topological polar surface area (TPSA) is 130 Å². The van der Waals surface area contributed by atoms with Crippen molar-refractivity contribution in [1.82, 2.24) is 4.90 Å². The first-order valence-electron chi connectivity index (χ1n) is 13.9. The van der Waals surface area contributed by atoms with Crippen LogP contribution in [0.15, 0.2) is 70.8 Å². The number of carbonyl (C=O) groups excluding carboxylic acids is 4. The number of benzene rings is 2. The van der Waals surface area contributed by atoms with Crippen LogP contribution in [-0.2, 0) is 25.6 Å². The van der Waals surface area contributed by atoms with Gasteiger partial charge >= 0.3 is 0 Å². The summed E-state index contributed by atoms with van der Waals surface area (Å²) < 4.78 is 10.8. The number of amides is 2. The molecule has 2 N–H and O–H groups in total. The highest BCUT2D eigenvalue weighted by Gasteiger charge is 2.56. The minimum Gasteiger partial charge on any atom is -0.508 e. The second-order valence-corrected chi connectivity index (χ2v) is 11.2. The van der Waals surface area contributed by atoms with Crippen LogP contribution in [0, 0.1) is 17.8 Å². The maximum atomic E-state index is 13.9. The van der Waals surface area contributed by atoms with Gasteiger partial charge < -0.3 is 19.7 Å². The number of ether oxygens (including phenoxy) is 2. The third-order valence-electron chi connectivity index (χ3n) is 9.05. The van der Waals surface area contributed by atoms with Gasteiger partial charge in [0.05, 0.1) is 26.1 Å². The molecule has 2 amide bonds. The van der Waals surface area contributed by atoms with Gasteiger partial charge in [0.1, 0.15) is 5.75 Å². The number of likely N-dealkylation sites (tertiary alicyclic amines) is 1. The number of phenolic OH excluding ortho intramolecular Hbond substituents is 2. The van der Waals surface area contributed by atoms with E-state index in [2.05, 4.69) is 0 Å². The standard InChI is InChI=1S/C33H31NO8/c1-16-12-24(36)29-23(30(16)37)15-22-20(27(29)18-13-25(41-2)31(38)26(14-18)42-3)8-9-21-28(22)33(40)34(32(21)39)11-10-17-4-6-19(35)7-5-17/h4-8,12-14,21-22,27-28,35,38H,9-11,15H2,1-3H3. The van der Waals surface area contributed by atoms with Gasteiger partial charge in [-0.15, -0.1) is 0 Å². The van der Waals surface area contributed by atoms with E-state index in [1.54, 1.807) is 43.3 Å². The Morgan fingerprint density at radius 3 is 2.24 bits per heavy atom. The molecule has 0 saturated carbocycles. The lowest BCUT2D eigenvalue weighted by Crippen LogP contribution is -2.40. The molecule has 0 radical (unpaired) electrons. The number of allylic oxidation sites excluding steroid dienone is 6. The minimum absolute atomic E-state index is 0.141. The first-order chi connectivity index (χ1) is 20.1. The van der Waals surface area contributed by atoms with Crippen LogP contribution in [0.3, 0.4) is 0 Å². The van der Waals surface area contributed by atoms with Gasteiger partial charge in [0.15, 0.2) is 23.1 Å². The SMILES string of the molecule is COc1cc(C2C3=CCC4C(=O)N(CCc5ccc(O)cc5)C(=O)C4C3CC3=C2C(=O)C=C(C)C3=O)cc(OC)c1O. The van der Waals surface area contributed by atoms with Crippen molar-refractivity contribution in [1.29, 1.82) is 0 Å². The lowest BCUT2D eigenvalue weighted by atomic mass is 9.59. The molecule has 1 heterocycles. The molecule has 216 valence electrons. The Balaban J connectivity index is 1.41. The van der Waals surface area contributed by atoms with Crippen LogP contribution < -0.4 is 9.47 Å². The van der Waals surface area contributed by atoms with Gasteiger partial charge in [0.2, 0.25) is 17.6 Å². The molecular formula is C33H31NO8. The van der Waals surface area contributed by atoms with Crippen molar-refractivity contribution in [3.63, 3.8) is 0 Å². The fraction of sp³-hybridized carbons (Fsp3) is 0.333. The van der Waals surface area contributed by atoms with Crippen molar-refractivity contribution in [2.75, 3.05) is 20.8 Å². The number of Topliss-reactive ketones (excluding diaryl/α,β-unsaturated/α-hetero) is 1. The number of ketones is 2. The van der Waals surface area contributed by atoms with Gasteiger partial charge in [-0.05, 0) is 73.6 Å². The summed E-state index contributed by atoms with van der Waals surface area (Å²) in [7, 11) is 2.82. The third kappa shape index (κ3) is 4.22. The van der Waals surface area contributed by atoms with Gasteiger partial charge in [0.25, 0.3) is 0 Å². The van der Waals surface area contributed by atoms with Crippen LogP contribution in [-0.4, -0.2) is 59.3 Å². The Hall–Kier alpha value is -4.66. The van der Waals surface area contributed by atoms with Crippen LogP contribution >= 0.6 is 0 Å². The highest BCUT2D eigenvalue weighted by molar-refractivity contribution is 6.23. The summed E-state index contributed by atoms with van der Waals surface area (Å²) in [5.41, 5.74) is 3.32. The maximum Gasteiger partial charge on any atom is 0.233 e. The summed E-state index contributed by atoms with van der Waals surface area (Å²) in [6.45, 7) is 1.82. The number of hydrogen-bond donors (Lipinski definition) is 2. The molecule has 0 bridgehead atoms. The number of imide groups is 1. The van der Waals surface area contributed by atoms with E-state index in [1.807, 2.05) is 6.08 Å². The van der Waals surface area contributed by atoms with E-state index >= 15 is 0 Å². The number of methoxy groups -OCH3 is 2. The molecule has 6 rings (SSSR count). The van der Waals surface area contributed by atoms with Crippen LogP contribution in [0.25, 0.3) is 0 Å². The molecule has 9 nitrogen and oxygen atoms in total. The molecule has 4 aliphatic rings. The smallest absolute Gasteiger partial charge is 0.233 e. The summed E-state index contributed by atoms with van der Waals surface area (Å²) >= 11 is 0. The fourth-order valence-electron chi connectivity index (χ4n) is 7.03. The normalized spacial score (nSPS) is 25.1. The van der Waals surface area contributed by atoms with Gasteiger partial charge in [0, 0.05) is 29.2 Å². The van der Waals surface area contributed by atoms with Gasteiger partial charge in [-0.3, -0.25) is 24.1 Å². The molecule has 1 fully saturated rings. The maximum absolute atomic E-state index is 13.9. The predicted octanol–water partition coefficient (Wildman–Crippen LogP) is 3.79. The predicted molar refractivity (Wildman–Crippen MR) is 151 cm³/mol. The largest absolute Gasteiger partial charge is 0.508 e. The van der Waals surface area contributed by atoms with Gasteiger partial charge in [-0.1, -0.05) is 23.8 Å². The Bertz CT molecular complexity index is 1600. The van der Waals surface area contributed by atoms with Crippen LogP contribution in [0.4, 0.5) is 0 Å². The minimum atomic E-state index is -0.683. The Kier molecular flexibility index (Phi) is 6.75. The number of nitrogens with zero attached hydrogens (tertiary/aromatic N) is 1. The molecular weight excluding hydrogens is 538 g/mol. The molecule has 9 heteroatoms. The monoisotopic (exact) mass is 569 g/mol. The van der Waals surface area contributed by atoms with Crippen molar-refractivity contribution in [2.24, 2.45) is 17.8 Å². The number of phenols is 2. The van der Waals surface area contributed by atoms with E-state index in [1.165, 1.54) is 25.2 Å². The molecule has 42 heavy (non-hydrogen) atoms. The molecule has 4 atom stereocenters. The molecule has 4 unspecified atom stereocenters. The van der Waals surface area contributed by atoms with Crippen molar-refractivity contribution in [2.45, 2.75) is 32.1 Å². The van der Waals surface area contributed by atoms with Crippen molar-refractivity contribution < 1.29 is 38.9 Å². The highest BCUT2D eigenvalue weighted by atomic mass is 16.5. The second kappa shape index (κ2) is 10.3. The average Bonchev–Trinajstić information content (AvgIpc) is 3.23. The Labute approximate surface area is 242 Å². The second-order valence-electron chi connectivity index (χ2n) is 11.2. The Morgan fingerprint density at radius 1 is 0.929 bits per heavy atom. The zero-order valence-electron chi connectivity index (χ0n) is 23.5. The number of hydrogen-bond acceptors (Lipinski definition) is 8. The summed E-state index contributed by atoms with van der Waals surface area (Å²) in [5, 5.41) is 20.1. The first-order valence-corrected chi connectivity index (χ1v) is 13.9. The zero-order valence-corrected chi connectivity index (χ0v) is 23.5. The van der Waals surface area contributed by atoms with E-state index < -0.39 is 23.7 Å². The van der Waals surface area contributed by atoms with E-state index in [0.717, 1.165) is 11.1 Å². The molecule has 2 aromatic rings. The van der Waals surface area contributed by atoms with E-state index in [4.69, 9.17) is 9.47 Å². The summed E-state index contributed by atoms with van der Waals surface area (Å²) in [6.07, 6.45) is 4.27. The summed E-state index contributed by atoms with van der Waals surface area (Å²) in [5.74, 6) is -3.13. The number of fused-ring (bicyclic) bond motifs is 3. The molecule has 1 aliphatic heterocycles. The molecule has 1 saturated heterocycles. The van der Waals surface area contributed by atoms with Crippen molar-refractivity contribution in [3.05, 3.63) is 82.0 Å². The summed E-state index contributed by atoms with van der Waals surface area (Å²) in [6, 6.07) is 9.90. The number of rotatable bonds is 6. The van der Waals surface area contributed by atoms with E-state index in [0.29, 0.717) is 35.1 Å². The number of aromatic hydroxyl groups is 2. The van der Waals surface area contributed by atoms with Gasteiger partial charge in [-0.25, -0.2) is 0 Å². The molecule has 2 aromatic carbocycles. The average molecular weight is 570 g/mol. The molecule has 3 aliphatic carbocycles. The lowest BCUT2D eigenvalue weighted by molar-refractivity contribution is -0.140. The lowest BCUT2D eigenvalue weighted by Gasteiger charge is -2.42. The van der Waals surface area contributed by atoms with E-state index in [-0.39, 0.29) is 59.3 Å². The fourth-order valence-corrected chi connectivity index (χ4v) is 7.03. The zero-order chi connectivity index (χ0) is 29.9.